The van der Waals surface area contributed by atoms with Gasteiger partial charge in [-0.25, -0.2) is 0 Å². The third-order valence-electron chi connectivity index (χ3n) is 5.23. The maximum Gasteiger partial charge on any atom is 0.225 e. The number of para-hydroxylation sites is 1. The Balaban J connectivity index is 1.74. The summed E-state index contributed by atoms with van der Waals surface area (Å²) in [6.07, 6.45) is 3.60. The summed E-state index contributed by atoms with van der Waals surface area (Å²) in [6.45, 7) is 5.49. The van der Waals surface area contributed by atoms with E-state index < -0.39 is 0 Å². The maximum atomic E-state index is 13.0. The molecule has 2 heterocycles. The Morgan fingerprint density at radius 3 is 2.81 bits per heavy atom. The van der Waals surface area contributed by atoms with Gasteiger partial charge in [-0.2, -0.15) is 0 Å². The molecule has 1 aromatic rings. The number of nitrogens with one attached hydrogen (secondary N) is 2. The fourth-order valence-corrected chi connectivity index (χ4v) is 4.01. The van der Waals surface area contributed by atoms with Gasteiger partial charge in [0.2, 0.25) is 11.8 Å². The highest BCUT2D eigenvalue weighted by Gasteiger charge is 2.32. The molecule has 2 aliphatic heterocycles. The molecule has 1 aromatic carbocycles. The molecule has 0 radical (unpaired) electrons. The second kappa shape index (κ2) is 8.54. The fraction of sp³-hybridized carbons (Fsp3) is 0.600. The molecule has 3 unspecified atom stereocenters. The van der Waals surface area contributed by atoms with Gasteiger partial charge in [-0.15, -0.1) is 0 Å². The fourth-order valence-electron chi connectivity index (χ4n) is 4.01. The first kappa shape index (κ1) is 18.7. The van der Waals surface area contributed by atoms with Gasteiger partial charge in [-0.05, 0) is 32.3 Å². The number of carbonyl (C=O) groups excluding carboxylic acids is 2. The summed E-state index contributed by atoms with van der Waals surface area (Å²) in [4.78, 5) is 26.6. The van der Waals surface area contributed by atoms with Gasteiger partial charge in [0.15, 0.2) is 0 Å². The highest BCUT2D eigenvalue weighted by molar-refractivity contribution is 5.79. The largest absolute Gasteiger partial charge is 0.494 e. The van der Waals surface area contributed by atoms with Crippen molar-refractivity contribution in [2.24, 2.45) is 0 Å². The van der Waals surface area contributed by atoms with Crippen molar-refractivity contribution >= 4 is 11.8 Å². The Labute approximate surface area is 155 Å². The zero-order valence-electron chi connectivity index (χ0n) is 15.7. The standard InChI is InChI=1S/C20H29N3O3/c1-3-26-19-7-5-4-6-17(19)18(21-14(2)24)12-20(25)23-11-10-15-8-9-16(13-23)22-15/h4-7,15-16,18,22H,3,8-13H2,1-2H3,(H,21,24). The zero-order valence-corrected chi connectivity index (χ0v) is 15.7. The molecule has 142 valence electrons. The first-order valence-electron chi connectivity index (χ1n) is 9.59. The zero-order chi connectivity index (χ0) is 18.5. The number of ether oxygens (including phenoxy) is 1. The molecule has 2 saturated heterocycles. The topological polar surface area (TPSA) is 70.7 Å². The average molecular weight is 359 g/mol. The minimum atomic E-state index is -0.379. The number of hydrogen-bond acceptors (Lipinski definition) is 4. The van der Waals surface area contributed by atoms with E-state index >= 15 is 0 Å². The van der Waals surface area contributed by atoms with Crippen LogP contribution in [0.25, 0.3) is 0 Å². The van der Waals surface area contributed by atoms with Gasteiger partial charge in [-0.1, -0.05) is 18.2 Å². The summed E-state index contributed by atoms with van der Waals surface area (Å²) >= 11 is 0. The number of rotatable bonds is 6. The van der Waals surface area contributed by atoms with Gasteiger partial charge in [0.05, 0.1) is 19.1 Å². The molecule has 3 rings (SSSR count). The number of likely N-dealkylation sites (tertiary alicyclic amines) is 1. The lowest BCUT2D eigenvalue weighted by Gasteiger charge is -2.27. The predicted molar refractivity (Wildman–Crippen MR) is 99.9 cm³/mol. The third-order valence-corrected chi connectivity index (χ3v) is 5.23. The minimum Gasteiger partial charge on any atom is -0.494 e. The summed E-state index contributed by atoms with van der Waals surface area (Å²) in [5, 5.41) is 6.53. The van der Waals surface area contributed by atoms with Gasteiger partial charge < -0.3 is 20.3 Å². The molecule has 0 spiro atoms. The molecule has 0 aromatic heterocycles. The van der Waals surface area contributed by atoms with Crippen molar-refractivity contribution in [2.75, 3.05) is 19.7 Å². The molecule has 2 aliphatic rings. The highest BCUT2D eigenvalue weighted by Crippen LogP contribution is 2.29. The van der Waals surface area contributed by atoms with Crippen LogP contribution in [0.3, 0.4) is 0 Å². The van der Waals surface area contributed by atoms with E-state index in [0.717, 1.165) is 37.2 Å². The molecule has 2 fully saturated rings. The summed E-state index contributed by atoms with van der Waals surface area (Å²) < 4.78 is 5.70. The quantitative estimate of drug-likeness (QED) is 0.815. The Morgan fingerprint density at radius 2 is 2.04 bits per heavy atom. The third kappa shape index (κ3) is 4.55. The molecule has 2 amide bonds. The van der Waals surface area contributed by atoms with Crippen LogP contribution in [0.15, 0.2) is 24.3 Å². The number of carbonyl (C=O) groups is 2. The lowest BCUT2D eigenvalue weighted by Crippen LogP contribution is -2.41. The normalized spacial score (nSPS) is 23.2. The van der Waals surface area contributed by atoms with Crippen LogP contribution in [0, 0.1) is 0 Å². The SMILES string of the molecule is CCOc1ccccc1C(CC(=O)N1CCC2CCC(C1)N2)NC(C)=O. The molecular formula is C20H29N3O3. The predicted octanol–water partition coefficient (Wildman–Crippen LogP) is 2.01. The van der Waals surface area contributed by atoms with Crippen LogP contribution in [0.5, 0.6) is 5.75 Å². The van der Waals surface area contributed by atoms with E-state index in [9.17, 15) is 9.59 Å². The smallest absolute Gasteiger partial charge is 0.225 e. The van der Waals surface area contributed by atoms with Crippen LogP contribution in [-0.2, 0) is 9.59 Å². The summed E-state index contributed by atoms with van der Waals surface area (Å²) in [5.41, 5.74) is 0.854. The van der Waals surface area contributed by atoms with Crippen LogP contribution in [0.1, 0.15) is 51.1 Å². The Kier molecular flexibility index (Phi) is 6.14. The molecule has 0 aliphatic carbocycles. The Bertz CT molecular complexity index is 649. The lowest BCUT2D eigenvalue weighted by molar-refractivity contribution is -0.132. The number of fused-ring (bicyclic) bond motifs is 2. The summed E-state index contributed by atoms with van der Waals surface area (Å²) in [6, 6.07) is 8.18. The molecule has 3 atom stereocenters. The first-order valence-corrected chi connectivity index (χ1v) is 9.59. The Morgan fingerprint density at radius 1 is 1.27 bits per heavy atom. The number of nitrogens with zero attached hydrogens (tertiary/aromatic N) is 1. The van der Waals surface area contributed by atoms with Crippen molar-refractivity contribution in [1.82, 2.24) is 15.5 Å². The molecule has 6 nitrogen and oxygen atoms in total. The number of benzene rings is 1. The molecular weight excluding hydrogens is 330 g/mol. The molecule has 26 heavy (non-hydrogen) atoms. The van der Waals surface area contributed by atoms with E-state index in [0.29, 0.717) is 18.7 Å². The van der Waals surface area contributed by atoms with Crippen molar-refractivity contribution in [3.05, 3.63) is 29.8 Å². The maximum absolute atomic E-state index is 13.0. The second-order valence-corrected chi connectivity index (χ2v) is 7.19. The van der Waals surface area contributed by atoms with E-state index in [1.165, 1.54) is 13.3 Å². The van der Waals surface area contributed by atoms with Gasteiger partial charge in [0.1, 0.15) is 5.75 Å². The first-order chi connectivity index (χ1) is 12.6. The van der Waals surface area contributed by atoms with E-state index in [2.05, 4.69) is 10.6 Å². The van der Waals surface area contributed by atoms with Gasteiger partial charge >= 0.3 is 0 Å². The van der Waals surface area contributed by atoms with Gasteiger partial charge in [-0.3, -0.25) is 9.59 Å². The second-order valence-electron chi connectivity index (χ2n) is 7.19. The van der Waals surface area contributed by atoms with Crippen molar-refractivity contribution in [1.29, 1.82) is 0 Å². The van der Waals surface area contributed by atoms with E-state index in [1.54, 1.807) is 0 Å². The van der Waals surface area contributed by atoms with Crippen molar-refractivity contribution in [2.45, 2.75) is 57.7 Å². The average Bonchev–Trinajstić information content (AvgIpc) is 2.93. The highest BCUT2D eigenvalue weighted by atomic mass is 16.5. The monoisotopic (exact) mass is 359 g/mol. The number of amides is 2. The number of hydrogen-bond donors (Lipinski definition) is 2. The van der Waals surface area contributed by atoms with Gasteiger partial charge in [0.25, 0.3) is 0 Å². The van der Waals surface area contributed by atoms with Crippen molar-refractivity contribution < 1.29 is 14.3 Å². The van der Waals surface area contributed by atoms with E-state index in [4.69, 9.17) is 4.74 Å². The van der Waals surface area contributed by atoms with Crippen molar-refractivity contribution in [3.63, 3.8) is 0 Å². The molecule has 0 saturated carbocycles. The van der Waals surface area contributed by atoms with E-state index in [1.807, 2.05) is 36.1 Å². The van der Waals surface area contributed by atoms with E-state index in [-0.39, 0.29) is 24.3 Å². The molecule has 6 heteroatoms. The van der Waals surface area contributed by atoms with Crippen LogP contribution in [0.4, 0.5) is 0 Å². The molecule has 2 bridgehead atoms. The van der Waals surface area contributed by atoms with Gasteiger partial charge in [0, 0.05) is 37.7 Å². The minimum absolute atomic E-state index is 0.0874. The van der Waals surface area contributed by atoms with Crippen molar-refractivity contribution in [3.8, 4) is 5.75 Å². The Hall–Kier alpha value is -2.08. The molecule has 2 N–H and O–H groups in total. The summed E-state index contributed by atoms with van der Waals surface area (Å²) in [7, 11) is 0. The lowest BCUT2D eigenvalue weighted by atomic mass is 10.0. The van der Waals surface area contributed by atoms with Crippen LogP contribution in [-0.4, -0.2) is 48.5 Å². The van der Waals surface area contributed by atoms with Crippen LogP contribution >= 0.6 is 0 Å². The van der Waals surface area contributed by atoms with Crippen LogP contribution < -0.4 is 15.4 Å². The summed E-state index contributed by atoms with van der Waals surface area (Å²) in [5.74, 6) is 0.660. The van der Waals surface area contributed by atoms with Crippen LogP contribution in [0.2, 0.25) is 0 Å².